The summed E-state index contributed by atoms with van der Waals surface area (Å²) in [6.07, 6.45) is 3.34. The predicted molar refractivity (Wildman–Crippen MR) is 68.9 cm³/mol. The first-order valence-electron chi connectivity index (χ1n) is 4.81. The number of sulfonamides is 1. The third-order valence-electron chi connectivity index (χ3n) is 1.96. The van der Waals surface area contributed by atoms with Gasteiger partial charge in [0.25, 0.3) is 0 Å². The Labute approximate surface area is 111 Å². The fourth-order valence-electron chi connectivity index (χ4n) is 1.18. The zero-order chi connectivity index (χ0) is 13.1. The molecule has 0 aliphatic carbocycles. The van der Waals surface area contributed by atoms with E-state index in [1.165, 1.54) is 6.07 Å². The van der Waals surface area contributed by atoms with Gasteiger partial charge in [0.15, 0.2) is 0 Å². The van der Waals surface area contributed by atoms with Gasteiger partial charge in [0.1, 0.15) is 10.0 Å². The van der Waals surface area contributed by atoms with Crippen molar-refractivity contribution >= 4 is 33.2 Å². The number of nitrogens with one attached hydrogen (secondary N) is 1. The van der Waals surface area contributed by atoms with Crippen LogP contribution in [0.5, 0.6) is 0 Å². The van der Waals surface area contributed by atoms with Gasteiger partial charge in [-0.25, -0.2) is 18.1 Å². The minimum Gasteiger partial charge on any atom is -0.242 e. The number of aromatic nitrogens is 1. The molecule has 0 radical (unpaired) electrons. The van der Waals surface area contributed by atoms with E-state index in [9.17, 15) is 8.42 Å². The summed E-state index contributed by atoms with van der Waals surface area (Å²) < 4.78 is 26.3. The van der Waals surface area contributed by atoms with Crippen molar-refractivity contribution in [1.29, 1.82) is 0 Å². The summed E-state index contributed by atoms with van der Waals surface area (Å²) in [5, 5.41) is 0.177. The lowest BCUT2D eigenvalue weighted by Crippen LogP contribution is -2.32. The molecular weight excluding hydrogens is 283 g/mol. The van der Waals surface area contributed by atoms with E-state index in [0.29, 0.717) is 6.42 Å². The molecule has 1 aromatic rings. The first-order valence-corrected chi connectivity index (χ1v) is 7.05. The van der Waals surface area contributed by atoms with E-state index in [1.807, 2.05) is 0 Å². The lowest BCUT2D eigenvalue weighted by Gasteiger charge is -2.12. The Morgan fingerprint density at radius 3 is 2.76 bits per heavy atom. The van der Waals surface area contributed by atoms with Crippen molar-refractivity contribution in [3.8, 4) is 0 Å². The zero-order valence-electron chi connectivity index (χ0n) is 9.15. The van der Waals surface area contributed by atoms with E-state index in [2.05, 4.69) is 16.3 Å². The van der Waals surface area contributed by atoms with Crippen LogP contribution in [0, 0.1) is 0 Å². The van der Waals surface area contributed by atoms with Gasteiger partial charge in [0.2, 0.25) is 10.0 Å². The Morgan fingerprint density at radius 2 is 2.24 bits per heavy atom. The topological polar surface area (TPSA) is 59.1 Å². The number of rotatable bonds is 5. The van der Waals surface area contributed by atoms with Crippen molar-refractivity contribution in [3.05, 3.63) is 35.1 Å². The normalized spacial score (nSPS) is 13.4. The van der Waals surface area contributed by atoms with Crippen LogP contribution in [0.3, 0.4) is 0 Å². The van der Waals surface area contributed by atoms with Crippen molar-refractivity contribution in [2.75, 3.05) is 0 Å². The van der Waals surface area contributed by atoms with Crippen LogP contribution in [0.2, 0.25) is 10.2 Å². The average molecular weight is 295 g/mol. The smallest absolute Gasteiger partial charge is 0.242 e. The summed E-state index contributed by atoms with van der Waals surface area (Å²) in [4.78, 5) is 3.68. The molecule has 0 aliphatic rings. The van der Waals surface area contributed by atoms with E-state index >= 15 is 0 Å². The van der Waals surface area contributed by atoms with Crippen LogP contribution in [0.1, 0.15) is 13.3 Å². The van der Waals surface area contributed by atoms with Crippen molar-refractivity contribution in [3.63, 3.8) is 0 Å². The first-order chi connectivity index (χ1) is 7.86. The zero-order valence-corrected chi connectivity index (χ0v) is 11.5. The van der Waals surface area contributed by atoms with Crippen LogP contribution >= 0.6 is 23.2 Å². The second-order valence-corrected chi connectivity index (χ2v) is 5.97. The molecule has 0 amide bonds. The average Bonchev–Trinajstić information content (AvgIpc) is 2.21. The van der Waals surface area contributed by atoms with E-state index in [1.54, 1.807) is 13.0 Å². The fraction of sp³-hybridized carbons (Fsp3) is 0.300. The lowest BCUT2D eigenvalue weighted by atomic mass is 10.3. The van der Waals surface area contributed by atoms with Crippen LogP contribution in [-0.4, -0.2) is 19.4 Å². The molecule has 0 saturated carbocycles. The van der Waals surface area contributed by atoms with Crippen LogP contribution in [-0.2, 0) is 10.0 Å². The molecule has 0 aliphatic heterocycles. The summed E-state index contributed by atoms with van der Waals surface area (Å²) in [5.41, 5.74) is 0. The van der Waals surface area contributed by atoms with Crippen molar-refractivity contribution in [2.24, 2.45) is 0 Å². The highest BCUT2D eigenvalue weighted by Crippen LogP contribution is 2.22. The largest absolute Gasteiger partial charge is 0.242 e. The molecule has 1 heterocycles. The number of nitrogens with zero attached hydrogens (tertiary/aromatic N) is 1. The Balaban J connectivity index is 2.97. The number of hydrogen-bond acceptors (Lipinski definition) is 3. The molecule has 0 saturated heterocycles. The van der Waals surface area contributed by atoms with Crippen LogP contribution in [0.25, 0.3) is 0 Å². The predicted octanol–water partition coefficient (Wildman–Crippen LogP) is 2.63. The van der Waals surface area contributed by atoms with Crippen molar-refractivity contribution < 1.29 is 8.42 Å². The van der Waals surface area contributed by atoms with Gasteiger partial charge in [-0.2, -0.15) is 0 Å². The highest BCUT2D eigenvalue weighted by atomic mass is 35.5. The lowest BCUT2D eigenvalue weighted by molar-refractivity contribution is 0.562. The summed E-state index contributed by atoms with van der Waals surface area (Å²) >= 11 is 11.3. The van der Waals surface area contributed by atoms with Crippen LogP contribution in [0.4, 0.5) is 0 Å². The van der Waals surface area contributed by atoms with E-state index < -0.39 is 10.0 Å². The standard InChI is InChI=1S/C10H12Cl2N2O2S/c1-3-4-7(2)14-17(15,16)8-5-9(11)10(12)13-6-8/h3,5-7,14H,1,4H2,2H3. The van der Waals surface area contributed by atoms with Crippen molar-refractivity contribution in [1.82, 2.24) is 9.71 Å². The second kappa shape index (κ2) is 5.82. The van der Waals surface area contributed by atoms with Gasteiger partial charge in [-0.05, 0) is 19.4 Å². The molecule has 1 atom stereocenters. The number of hydrogen-bond donors (Lipinski definition) is 1. The molecule has 0 spiro atoms. The van der Waals surface area contributed by atoms with E-state index in [-0.39, 0.29) is 21.1 Å². The monoisotopic (exact) mass is 294 g/mol. The van der Waals surface area contributed by atoms with Gasteiger partial charge in [0.05, 0.1) is 5.02 Å². The molecule has 0 aromatic carbocycles. The Hall–Kier alpha value is -0.620. The van der Waals surface area contributed by atoms with Crippen molar-refractivity contribution in [2.45, 2.75) is 24.3 Å². The maximum absolute atomic E-state index is 11.9. The molecule has 4 nitrogen and oxygen atoms in total. The summed E-state index contributed by atoms with van der Waals surface area (Å²) in [7, 11) is -3.62. The molecule has 1 unspecified atom stereocenters. The van der Waals surface area contributed by atoms with Gasteiger partial charge in [-0.1, -0.05) is 29.3 Å². The van der Waals surface area contributed by atoms with Crippen LogP contribution < -0.4 is 4.72 Å². The maximum Gasteiger partial charge on any atom is 0.242 e. The van der Waals surface area contributed by atoms with Gasteiger partial charge in [0, 0.05) is 12.2 Å². The van der Waals surface area contributed by atoms with Gasteiger partial charge in [-0.15, -0.1) is 6.58 Å². The van der Waals surface area contributed by atoms with Gasteiger partial charge in [-0.3, -0.25) is 0 Å². The second-order valence-electron chi connectivity index (χ2n) is 3.49. The third-order valence-corrected chi connectivity index (χ3v) is 4.20. The van der Waals surface area contributed by atoms with Gasteiger partial charge < -0.3 is 0 Å². The minimum absolute atomic E-state index is 0.0113. The SMILES string of the molecule is C=CCC(C)NS(=O)(=O)c1cnc(Cl)c(Cl)c1. The minimum atomic E-state index is -3.62. The Bertz CT molecular complexity index is 517. The summed E-state index contributed by atoms with van der Waals surface area (Å²) in [5.74, 6) is 0. The molecule has 94 valence electrons. The fourth-order valence-corrected chi connectivity index (χ4v) is 2.74. The van der Waals surface area contributed by atoms with E-state index in [4.69, 9.17) is 23.2 Å². The molecule has 1 rings (SSSR count). The summed E-state index contributed by atoms with van der Waals surface area (Å²) in [6.45, 7) is 5.28. The maximum atomic E-state index is 11.9. The molecule has 0 fully saturated rings. The van der Waals surface area contributed by atoms with Gasteiger partial charge >= 0.3 is 0 Å². The molecule has 0 bridgehead atoms. The Morgan fingerprint density at radius 1 is 1.59 bits per heavy atom. The molecule has 1 aromatic heterocycles. The number of halogens is 2. The third kappa shape index (κ3) is 3.96. The molecule has 17 heavy (non-hydrogen) atoms. The molecule has 1 N–H and O–H groups in total. The summed E-state index contributed by atoms with van der Waals surface area (Å²) in [6, 6.07) is 1.02. The van der Waals surface area contributed by atoms with E-state index in [0.717, 1.165) is 6.20 Å². The molecule has 7 heteroatoms. The highest BCUT2D eigenvalue weighted by molar-refractivity contribution is 7.89. The quantitative estimate of drug-likeness (QED) is 0.671. The first kappa shape index (κ1) is 14.4. The Kier molecular flexibility index (Phi) is 4.94. The van der Waals surface area contributed by atoms with Crippen LogP contribution in [0.15, 0.2) is 29.8 Å². The molecular formula is C10H12Cl2N2O2S. The number of pyridine rings is 1. The highest BCUT2D eigenvalue weighted by Gasteiger charge is 2.18.